The summed E-state index contributed by atoms with van der Waals surface area (Å²) in [5.74, 6) is 0.545. The zero-order valence-corrected chi connectivity index (χ0v) is 52.0. The van der Waals surface area contributed by atoms with Gasteiger partial charge in [-0.15, -0.1) is 0 Å². The Morgan fingerprint density at radius 2 is 1.51 bits per heavy atom. The van der Waals surface area contributed by atoms with Crippen molar-refractivity contribution >= 4 is 34.6 Å². The minimum atomic E-state index is -2.03. The van der Waals surface area contributed by atoms with Gasteiger partial charge in [-0.25, -0.2) is 4.79 Å². The molecule has 2 unspecified atom stereocenters. The highest BCUT2D eigenvalue weighted by molar-refractivity contribution is 5.94. The molecule has 1 aromatic heterocycles. The molecule has 6 rings (SSSR count). The number of piperazine rings is 1. The van der Waals surface area contributed by atoms with Gasteiger partial charge in [0.05, 0.1) is 67.1 Å². The fourth-order valence-electron chi connectivity index (χ4n) is 12.8. The Labute approximate surface area is 490 Å². The maximum atomic E-state index is 14.6. The van der Waals surface area contributed by atoms with Gasteiger partial charge in [0.25, 0.3) is 0 Å². The van der Waals surface area contributed by atoms with E-state index in [9.17, 15) is 39.3 Å². The van der Waals surface area contributed by atoms with Crippen LogP contribution < -0.4 is 5.43 Å². The van der Waals surface area contributed by atoms with Gasteiger partial charge in [-0.05, 0) is 107 Å². The van der Waals surface area contributed by atoms with Gasteiger partial charge in [0, 0.05) is 101 Å². The molecule has 466 valence electrons. The SMILES string of the molecule is CCOC(=O)c1cn(CC)c2ccc(C#CCN3CCN(CCC(=O)O[C@H]4[C@H](C)OC(O[C@H]5[C@H](C)[C@@H](OC6O[C@H](C)C[C@H](N(C)C)[C@H]6O)[C@](C)(OC)C[C@@H](C)C(=O)[C@H](C)[C@@H](O)[C@](C)(O)[C@@H](CC)OC(=O)[C@@H]5C)C[C@@]4(C)OC)CC3)cc2c1=O. The maximum Gasteiger partial charge on any atom is 0.343 e. The molecule has 4 saturated heterocycles. The number of aliphatic hydroxyl groups excluding tert-OH is 2. The van der Waals surface area contributed by atoms with E-state index in [1.54, 1.807) is 60.7 Å². The van der Waals surface area contributed by atoms with Crippen LogP contribution in [-0.4, -0.2) is 217 Å². The third-order valence-electron chi connectivity index (χ3n) is 18.0. The number of pyridine rings is 1. The van der Waals surface area contributed by atoms with E-state index in [0.29, 0.717) is 55.6 Å². The van der Waals surface area contributed by atoms with Gasteiger partial charge in [0.1, 0.15) is 34.8 Å². The van der Waals surface area contributed by atoms with Crippen LogP contribution in [0.3, 0.4) is 0 Å². The topological polar surface area (TPSA) is 244 Å². The molecule has 21 heteroatoms. The molecule has 5 heterocycles. The Hall–Kier alpha value is -4.41. The number of carbonyl (C=O) groups is 4. The second kappa shape index (κ2) is 28.9. The van der Waals surface area contributed by atoms with Gasteiger partial charge in [0.15, 0.2) is 18.7 Å². The molecule has 2 aromatic rings. The standard InChI is InChI=1S/C62H96N4O17/c1-17-47-62(12,74)54(71)38(6)50(68)36(4)33-60(10,75-15)55(83-59-52(70)46(63(13)14)31-37(5)78-59)39(7)53(40(8)57(72)80-47)82-49-34-61(11,76-16)56(41(9)79-49)81-48(67)24-26-65-29-27-64(28-30-65)25-20-21-42-22-23-45-43(32-42)51(69)44(35-66(45)18-2)58(73)77-19-3/h22-23,32,35-41,46-47,49,52-56,59,70-71,74H,17-19,24-31,33-34H2,1-16H3/t36-,37-,38+,39+,40-,41+,46+,47-,49?,52-,53+,54-,55-,56+,59?,60-,61-,62-/m1/s1. The number of benzene rings is 1. The molecule has 0 spiro atoms. The summed E-state index contributed by atoms with van der Waals surface area (Å²) in [7, 11) is 6.77. The summed E-state index contributed by atoms with van der Waals surface area (Å²) < 4.78 is 58.7. The second-order valence-corrected chi connectivity index (χ2v) is 24.4. The number of cyclic esters (lactones) is 1. The summed E-state index contributed by atoms with van der Waals surface area (Å²) in [5, 5.41) is 35.8. The van der Waals surface area contributed by atoms with Gasteiger partial charge >= 0.3 is 17.9 Å². The van der Waals surface area contributed by atoms with Crippen LogP contribution in [-0.2, 0) is 63.6 Å². The maximum absolute atomic E-state index is 14.6. The first-order valence-electron chi connectivity index (χ1n) is 29.8. The van der Waals surface area contributed by atoms with Gasteiger partial charge in [-0.1, -0.05) is 39.5 Å². The number of likely N-dealkylation sites (N-methyl/N-ethyl adjacent to an activating group) is 1. The number of ketones is 1. The van der Waals surface area contributed by atoms with Crippen molar-refractivity contribution in [3.63, 3.8) is 0 Å². The number of aryl methyl sites for hydroxylation is 1. The first-order chi connectivity index (χ1) is 39.1. The minimum Gasteiger partial charge on any atom is -0.462 e. The van der Waals surface area contributed by atoms with E-state index in [4.69, 9.17) is 42.6 Å². The van der Waals surface area contributed by atoms with E-state index < -0.39 is 114 Å². The molecule has 18 atom stereocenters. The lowest BCUT2D eigenvalue weighted by Gasteiger charge is -2.50. The monoisotopic (exact) mass is 1170 g/mol. The summed E-state index contributed by atoms with van der Waals surface area (Å²) in [6.07, 6.45) is -7.81. The van der Waals surface area contributed by atoms with Gasteiger partial charge in [-0.2, -0.15) is 0 Å². The van der Waals surface area contributed by atoms with Gasteiger partial charge < -0.3 is 72.3 Å². The number of fused-ring (bicyclic) bond motifs is 1. The van der Waals surface area contributed by atoms with Crippen molar-refractivity contribution in [3.05, 3.63) is 45.7 Å². The van der Waals surface area contributed by atoms with Crippen molar-refractivity contribution in [2.24, 2.45) is 23.7 Å². The van der Waals surface area contributed by atoms with E-state index in [1.165, 1.54) is 21.1 Å². The Morgan fingerprint density at radius 1 is 0.855 bits per heavy atom. The van der Waals surface area contributed by atoms with Gasteiger partial charge in [-0.3, -0.25) is 24.1 Å². The number of Topliss-reactive ketones (excluding diaryl/α,β-unsaturated/α-hetero) is 1. The number of hydrogen-bond acceptors (Lipinski definition) is 20. The molecule has 1 aromatic carbocycles. The smallest absolute Gasteiger partial charge is 0.343 e. The highest BCUT2D eigenvalue weighted by Gasteiger charge is 2.55. The third-order valence-corrected chi connectivity index (χ3v) is 18.0. The molecular formula is C62H96N4O17. The van der Waals surface area contributed by atoms with Crippen LogP contribution in [0.15, 0.2) is 29.2 Å². The predicted molar refractivity (Wildman–Crippen MR) is 309 cm³/mol. The summed E-state index contributed by atoms with van der Waals surface area (Å²) >= 11 is 0. The largest absolute Gasteiger partial charge is 0.462 e. The molecule has 4 fully saturated rings. The van der Waals surface area contributed by atoms with Crippen LogP contribution in [0.25, 0.3) is 10.9 Å². The van der Waals surface area contributed by atoms with E-state index in [1.807, 2.05) is 63.4 Å². The molecule has 3 N–H and O–H groups in total. The zero-order valence-electron chi connectivity index (χ0n) is 52.0. The van der Waals surface area contributed by atoms with Crippen molar-refractivity contribution in [1.29, 1.82) is 0 Å². The van der Waals surface area contributed by atoms with E-state index in [0.717, 1.165) is 13.1 Å². The van der Waals surface area contributed by atoms with Crippen LogP contribution in [0, 0.1) is 35.5 Å². The number of hydrogen-bond donors (Lipinski definition) is 3. The third kappa shape index (κ3) is 15.6. The quantitative estimate of drug-likeness (QED) is 0.119. The lowest BCUT2D eigenvalue weighted by atomic mass is 9.74. The number of nitrogens with zero attached hydrogens (tertiary/aromatic N) is 4. The number of ether oxygens (including phenoxy) is 9. The van der Waals surface area contributed by atoms with Crippen LogP contribution in [0.5, 0.6) is 0 Å². The molecule has 83 heavy (non-hydrogen) atoms. The van der Waals surface area contributed by atoms with E-state index >= 15 is 0 Å². The molecular weight excluding hydrogens is 1070 g/mol. The van der Waals surface area contributed by atoms with Crippen molar-refractivity contribution in [2.45, 2.75) is 206 Å². The fraction of sp³-hybridized carbons (Fsp3) is 0.758. The molecule has 0 aliphatic carbocycles. The molecule has 4 aliphatic rings. The molecule has 0 bridgehead atoms. The summed E-state index contributed by atoms with van der Waals surface area (Å²) in [4.78, 5) is 74.9. The fourth-order valence-corrected chi connectivity index (χ4v) is 12.8. The molecule has 0 saturated carbocycles. The van der Waals surface area contributed by atoms with Crippen molar-refractivity contribution in [1.82, 2.24) is 19.3 Å². The van der Waals surface area contributed by atoms with Crippen molar-refractivity contribution in [3.8, 4) is 11.8 Å². The second-order valence-electron chi connectivity index (χ2n) is 24.4. The summed E-state index contributed by atoms with van der Waals surface area (Å²) in [5.41, 5.74) is -3.51. The van der Waals surface area contributed by atoms with Crippen LogP contribution in [0.2, 0.25) is 0 Å². The normalized spacial score (nSPS) is 36.4. The Morgan fingerprint density at radius 3 is 2.12 bits per heavy atom. The Kier molecular flexibility index (Phi) is 23.5. The lowest BCUT2D eigenvalue weighted by Crippen LogP contribution is -2.61. The molecule has 0 amide bonds. The van der Waals surface area contributed by atoms with Crippen LogP contribution in [0.1, 0.15) is 131 Å². The summed E-state index contributed by atoms with van der Waals surface area (Å²) in [6, 6.07) is 5.11. The Balaban J connectivity index is 1.15. The highest BCUT2D eigenvalue weighted by Crippen LogP contribution is 2.42. The van der Waals surface area contributed by atoms with Gasteiger partial charge in [0.2, 0.25) is 5.43 Å². The number of aromatic nitrogens is 1. The van der Waals surface area contributed by atoms with Crippen LogP contribution >= 0.6 is 0 Å². The van der Waals surface area contributed by atoms with Crippen molar-refractivity contribution in [2.75, 3.05) is 74.2 Å². The first-order valence-corrected chi connectivity index (χ1v) is 29.8. The van der Waals surface area contributed by atoms with E-state index in [-0.39, 0.29) is 61.2 Å². The van der Waals surface area contributed by atoms with Crippen LogP contribution in [0.4, 0.5) is 0 Å². The molecule has 0 radical (unpaired) electrons. The number of rotatable bonds is 16. The number of aliphatic hydroxyl groups is 3. The zero-order chi connectivity index (χ0) is 61.5. The lowest BCUT2D eigenvalue weighted by molar-refractivity contribution is -0.320. The number of methoxy groups -OCH3 is 2. The summed E-state index contributed by atoms with van der Waals surface area (Å²) in [6.45, 7) is 25.3. The average Bonchev–Trinajstić information content (AvgIpc) is 3.47. The molecule has 21 nitrogen and oxygen atoms in total. The molecule has 4 aliphatic heterocycles. The average molecular weight is 1170 g/mol. The number of carbonyl (C=O) groups excluding carboxylic acids is 4. The number of esters is 3. The first kappa shape index (κ1) is 67.7. The minimum absolute atomic E-state index is 0.00758. The highest BCUT2D eigenvalue weighted by atomic mass is 16.7. The predicted octanol–water partition coefficient (Wildman–Crippen LogP) is 4.56. The Bertz CT molecular complexity index is 2660. The van der Waals surface area contributed by atoms with Crippen molar-refractivity contribution < 1.29 is 77.1 Å². The van der Waals surface area contributed by atoms with E-state index in [2.05, 4.69) is 21.6 Å².